The lowest BCUT2D eigenvalue weighted by molar-refractivity contribution is -0.135. The molecule has 1 amide bonds. The second-order valence-electron chi connectivity index (χ2n) is 7.87. The highest BCUT2D eigenvalue weighted by Gasteiger charge is 2.29. The summed E-state index contributed by atoms with van der Waals surface area (Å²) >= 11 is 0. The van der Waals surface area contributed by atoms with Gasteiger partial charge in [-0.15, -0.1) is 0 Å². The minimum Gasteiger partial charge on any atom is -0.497 e. The summed E-state index contributed by atoms with van der Waals surface area (Å²) in [5.41, 5.74) is 3.05. The predicted molar refractivity (Wildman–Crippen MR) is 112 cm³/mol. The number of methoxy groups -OCH3 is 1. The maximum Gasteiger partial charge on any atom is 0.225 e. The van der Waals surface area contributed by atoms with Crippen molar-refractivity contribution in [2.75, 3.05) is 39.2 Å². The Morgan fingerprint density at radius 2 is 2.11 bits per heavy atom. The molecule has 1 fully saturated rings. The summed E-state index contributed by atoms with van der Waals surface area (Å²) in [7, 11) is 5.56. The molecular weight excluding hydrogens is 352 g/mol. The van der Waals surface area contributed by atoms with E-state index in [9.17, 15) is 4.79 Å². The van der Waals surface area contributed by atoms with Crippen LogP contribution in [0.1, 0.15) is 38.3 Å². The van der Waals surface area contributed by atoms with Crippen LogP contribution in [-0.2, 0) is 4.79 Å². The number of hydrogen-bond acceptors (Lipinski definition) is 5. The quantitative estimate of drug-likeness (QED) is 0.791. The number of rotatable bonds is 5. The van der Waals surface area contributed by atoms with Crippen LogP contribution in [0.4, 0.5) is 5.95 Å². The Morgan fingerprint density at radius 3 is 2.79 bits per heavy atom. The van der Waals surface area contributed by atoms with Crippen molar-refractivity contribution in [3.8, 4) is 16.9 Å². The molecule has 1 aromatic heterocycles. The molecule has 1 atom stereocenters. The number of hydrogen-bond donors (Lipinski definition) is 0. The van der Waals surface area contributed by atoms with Gasteiger partial charge >= 0.3 is 0 Å². The molecule has 1 aliphatic rings. The number of nitrogens with zero attached hydrogens (tertiary/aromatic N) is 4. The van der Waals surface area contributed by atoms with Gasteiger partial charge in [0.05, 0.1) is 12.8 Å². The van der Waals surface area contributed by atoms with Gasteiger partial charge in [0.1, 0.15) is 5.75 Å². The van der Waals surface area contributed by atoms with Gasteiger partial charge in [-0.25, -0.2) is 9.97 Å². The highest BCUT2D eigenvalue weighted by atomic mass is 16.5. The summed E-state index contributed by atoms with van der Waals surface area (Å²) in [5, 5.41) is 0. The summed E-state index contributed by atoms with van der Waals surface area (Å²) in [5.74, 6) is 1.92. The molecule has 2 aromatic rings. The molecule has 2 heterocycles. The lowest BCUT2D eigenvalue weighted by Crippen LogP contribution is -2.41. The zero-order chi connectivity index (χ0) is 20.3. The Morgan fingerprint density at radius 1 is 1.32 bits per heavy atom. The molecule has 1 aromatic carbocycles. The Hall–Kier alpha value is -2.63. The van der Waals surface area contributed by atoms with Crippen LogP contribution in [0.3, 0.4) is 0 Å². The molecule has 3 rings (SSSR count). The fourth-order valence-electron chi connectivity index (χ4n) is 3.69. The van der Waals surface area contributed by atoms with Gasteiger partial charge in [0.2, 0.25) is 11.9 Å². The molecule has 1 saturated heterocycles. The monoisotopic (exact) mass is 382 g/mol. The van der Waals surface area contributed by atoms with Gasteiger partial charge in [0.15, 0.2) is 0 Å². The number of likely N-dealkylation sites (tertiary alicyclic amines) is 1. The van der Waals surface area contributed by atoms with E-state index in [-0.39, 0.29) is 17.7 Å². The first kappa shape index (κ1) is 20.1. The summed E-state index contributed by atoms with van der Waals surface area (Å²) in [6.07, 6.45) is 3.90. The van der Waals surface area contributed by atoms with Crippen molar-refractivity contribution in [3.05, 3.63) is 36.2 Å². The van der Waals surface area contributed by atoms with Crippen molar-refractivity contribution in [2.24, 2.45) is 5.92 Å². The Bertz CT molecular complexity index is 835. The van der Waals surface area contributed by atoms with Crippen molar-refractivity contribution in [1.29, 1.82) is 0 Å². The molecule has 0 aliphatic carbocycles. The molecule has 0 spiro atoms. The number of carbonyl (C=O) groups is 1. The lowest BCUT2D eigenvalue weighted by atomic mass is 9.89. The van der Waals surface area contributed by atoms with Crippen LogP contribution in [0.15, 0.2) is 30.5 Å². The SMILES string of the molecule is COc1cccc(-c2cnc(N(C)C)nc2C2CCCN(C(=O)C(C)C)C2)c1. The van der Waals surface area contributed by atoms with Crippen molar-refractivity contribution in [3.63, 3.8) is 0 Å². The molecule has 6 heteroatoms. The van der Waals surface area contributed by atoms with Crippen LogP contribution in [0, 0.1) is 5.92 Å². The number of benzene rings is 1. The topological polar surface area (TPSA) is 58.6 Å². The molecule has 0 saturated carbocycles. The van der Waals surface area contributed by atoms with Gasteiger partial charge in [-0.05, 0) is 30.5 Å². The third-order valence-electron chi connectivity index (χ3n) is 5.20. The third-order valence-corrected chi connectivity index (χ3v) is 5.20. The van der Waals surface area contributed by atoms with E-state index in [0.717, 1.165) is 42.0 Å². The van der Waals surface area contributed by atoms with Crippen molar-refractivity contribution < 1.29 is 9.53 Å². The molecule has 0 N–H and O–H groups in total. The van der Waals surface area contributed by atoms with Crippen LogP contribution in [0.5, 0.6) is 5.75 Å². The molecular formula is C22H30N4O2. The second kappa shape index (κ2) is 8.59. The summed E-state index contributed by atoms with van der Waals surface area (Å²) in [6.45, 7) is 5.45. The first-order valence-corrected chi connectivity index (χ1v) is 9.88. The zero-order valence-corrected chi connectivity index (χ0v) is 17.5. The van der Waals surface area contributed by atoms with E-state index >= 15 is 0 Å². The molecule has 6 nitrogen and oxygen atoms in total. The van der Waals surface area contributed by atoms with E-state index in [0.29, 0.717) is 12.5 Å². The van der Waals surface area contributed by atoms with E-state index in [1.807, 2.05) is 62.1 Å². The van der Waals surface area contributed by atoms with Crippen LogP contribution < -0.4 is 9.64 Å². The van der Waals surface area contributed by atoms with Crippen LogP contribution in [-0.4, -0.2) is 55.1 Å². The van der Waals surface area contributed by atoms with Gasteiger partial charge in [-0.1, -0.05) is 26.0 Å². The van der Waals surface area contributed by atoms with Gasteiger partial charge in [-0.2, -0.15) is 0 Å². The maximum atomic E-state index is 12.6. The number of anilines is 1. The fraction of sp³-hybridized carbons (Fsp3) is 0.500. The minimum absolute atomic E-state index is 0.0133. The van der Waals surface area contributed by atoms with Crippen molar-refractivity contribution in [1.82, 2.24) is 14.9 Å². The largest absolute Gasteiger partial charge is 0.497 e. The zero-order valence-electron chi connectivity index (χ0n) is 17.5. The smallest absolute Gasteiger partial charge is 0.225 e. The maximum absolute atomic E-state index is 12.6. The Labute approximate surface area is 167 Å². The summed E-state index contributed by atoms with van der Waals surface area (Å²) < 4.78 is 5.40. The van der Waals surface area contributed by atoms with E-state index in [1.54, 1.807) is 7.11 Å². The number of piperidine rings is 1. The van der Waals surface area contributed by atoms with Crippen LogP contribution in [0.2, 0.25) is 0 Å². The van der Waals surface area contributed by atoms with Crippen LogP contribution >= 0.6 is 0 Å². The van der Waals surface area contributed by atoms with E-state index in [2.05, 4.69) is 11.1 Å². The van der Waals surface area contributed by atoms with Gasteiger partial charge in [-0.3, -0.25) is 4.79 Å². The molecule has 0 radical (unpaired) electrons. The number of ether oxygens (including phenoxy) is 1. The number of aromatic nitrogens is 2. The first-order chi connectivity index (χ1) is 13.4. The predicted octanol–water partition coefficient (Wildman–Crippen LogP) is 3.58. The fourth-order valence-corrected chi connectivity index (χ4v) is 3.69. The van der Waals surface area contributed by atoms with Gasteiger partial charge < -0.3 is 14.5 Å². The Balaban J connectivity index is 2.02. The average Bonchev–Trinajstić information content (AvgIpc) is 2.72. The third kappa shape index (κ3) is 4.26. The van der Waals surface area contributed by atoms with E-state index in [4.69, 9.17) is 9.72 Å². The number of carbonyl (C=O) groups excluding carboxylic acids is 1. The van der Waals surface area contributed by atoms with Crippen molar-refractivity contribution in [2.45, 2.75) is 32.6 Å². The molecule has 1 aliphatic heterocycles. The molecule has 1 unspecified atom stereocenters. The molecule has 0 bridgehead atoms. The number of amides is 1. The van der Waals surface area contributed by atoms with Crippen molar-refractivity contribution >= 4 is 11.9 Å². The second-order valence-corrected chi connectivity index (χ2v) is 7.87. The summed E-state index contributed by atoms with van der Waals surface area (Å²) in [6, 6.07) is 7.98. The molecule has 28 heavy (non-hydrogen) atoms. The highest BCUT2D eigenvalue weighted by Crippen LogP contribution is 2.35. The standard InChI is InChI=1S/C22H30N4O2/c1-15(2)21(27)26-11-7-9-17(14-26)20-19(13-23-22(24-20)25(3)4)16-8-6-10-18(12-16)28-5/h6,8,10,12-13,15,17H,7,9,11,14H2,1-5H3. The minimum atomic E-state index is 0.0133. The van der Waals surface area contributed by atoms with E-state index in [1.165, 1.54) is 0 Å². The summed E-state index contributed by atoms with van der Waals surface area (Å²) in [4.78, 5) is 25.9. The highest BCUT2D eigenvalue weighted by molar-refractivity contribution is 5.78. The van der Waals surface area contributed by atoms with E-state index < -0.39 is 0 Å². The average molecular weight is 383 g/mol. The normalized spacial score (nSPS) is 16.9. The Kier molecular flexibility index (Phi) is 6.17. The molecule has 150 valence electrons. The van der Waals surface area contributed by atoms with Crippen LogP contribution in [0.25, 0.3) is 11.1 Å². The lowest BCUT2D eigenvalue weighted by Gasteiger charge is -2.34. The first-order valence-electron chi connectivity index (χ1n) is 9.88. The van der Waals surface area contributed by atoms with Gasteiger partial charge in [0.25, 0.3) is 0 Å². The van der Waals surface area contributed by atoms with Gasteiger partial charge in [0, 0.05) is 50.8 Å².